The quantitative estimate of drug-likeness (QED) is 0.0429. The van der Waals surface area contributed by atoms with Crippen LogP contribution in [-0.4, -0.2) is 173 Å². The molecule has 5 fully saturated rings. The fourth-order valence-corrected chi connectivity index (χ4v) is 7.95. The first-order valence-electron chi connectivity index (χ1n) is 30.8. The molecule has 0 radical (unpaired) electrons. The summed E-state index contributed by atoms with van der Waals surface area (Å²) in [5.41, 5.74) is 0. The first kappa shape index (κ1) is 85.8. The predicted octanol–water partition coefficient (Wildman–Crippen LogP) is -1.31. The largest absolute Gasteiger partial charge is 0.333 e. The second-order valence-corrected chi connectivity index (χ2v) is 21.4. The van der Waals surface area contributed by atoms with Crippen LogP contribution in [0.1, 0.15) is 221 Å². The highest BCUT2D eigenvalue weighted by Crippen LogP contribution is 2.18. The van der Waals surface area contributed by atoms with Crippen molar-refractivity contribution in [1.82, 2.24) is 51.9 Å². The summed E-state index contributed by atoms with van der Waals surface area (Å²) in [6.45, 7) is 6.12. The third-order valence-electron chi connectivity index (χ3n) is 12.5. The zero-order chi connectivity index (χ0) is 74.9. The van der Waals surface area contributed by atoms with Crippen LogP contribution in [-0.2, 0) is 144 Å². The van der Waals surface area contributed by atoms with Crippen LogP contribution in [0, 0.1) is 0 Å². The minimum atomic E-state index is -0.877. The van der Waals surface area contributed by atoms with Crippen molar-refractivity contribution in [2.45, 2.75) is 221 Å². The van der Waals surface area contributed by atoms with E-state index in [0.29, 0.717) is 76.7 Å². The zero-order valence-corrected chi connectivity index (χ0v) is 55.0. The summed E-state index contributed by atoms with van der Waals surface area (Å²) in [4.78, 5) is 300. The summed E-state index contributed by atoms with van der Waals surface area (Å²) in [5, 5.41) is 12.8. The van der Waals surface area contributed by atoms with E-state index in [2.05, 4.69) is 45.5 Å². The van der Waals surface area contributed by atoms with Crippen LogP contribution in [0.5, 0.6) is 0 Å². The molecule has 5 rings (SSSR count). The van der Waals surface area contributed by atoms with Crippen molar-refractivity contribution in [3.8, 4) is 0 Å². The first-order chi connectivity index (χ1) is 46.5. The van der Waals surface area contributed by atoms with Gasteiger partial charge >= 0.3 is 29.8 Å². The van der Waals surface area contributed by atoms with Gasteiger partial charge in [-0.05, 0) is 44.9 Å². The Bertz CT molecular complexity index is 3000. The van der Waals surface area contributed by atoms with Crippen LogP contribution in [0.15, 0.2) is 0 Å². The molecule has 0 atom stereocenters. The maximum absolute atomic E-state index is 11.4. The Morgan fingerprint density at radius 1 is 0.222 bits per heavy atom. The van der Waals surface area contributed by atoms with Gasteiger partial charge in [-0.15, -0.1) is 25.3 Å². The molecule has 20 amide bonds. The summed E-state index contributed by atoms with van der Waals surface area (Å²) in [6, 6.07) is 0. The SMILES string of the molecule is CC(=O)NC(=O)CCC(=O)ON1C(=O)CCC1=O.CC(=O)NC(=O)CCCC(=O)ON1C(=O)CCC1=O.CC(=O)NC(=O)CCCCC(=O)ON1C(=O)CCC1=O.CC(=O)NC(=O)CCCCCC(=O)ON1C(=O)CCC1=O.CC(=O)NC(=O)CCCCCC(=O)ON1C(=O)CCC1=O. The lowest BCUT2D eigenvalue weighted by Gasteiger charge is -2.12. The molecule has 5 N–H and O–H groups in total. The molecular weight excluding hydrogens is 1330 g/mol. The van der Waals surface area contributed by atoms with E-state index in [1.807, 2.05) is 5.32 Å². The van der Waals surface area contributed by atoms with Gasteiger partial charge in [0.2, 0.25) is 59.1 Å². The fraction of sp³-hybridized carbons (Fsp3) is 0.576. The average molecular weight is 1410 g/mol. The van der Waals surface area contributed by atoms with E-state index < -0.39 is 136 Å². The molecule has 544 valence electrons. The van der Waals surface area contributed by atoms with Crippen LogP contribution in [0.4, 0.5) is 0 Å². The number of hydrogen-bond acceptors (Lipinski definition) is 30. The molecule has 5 aliphatic heterocycles. The van der Waals surface area contributed by atoms with Gasteiger partial charge in [0, 0.05) is 157 Å². The van der Waals surface area contributed by atoms with Crippen molar-refractivity contribution in [3.05, 3.63) is 0 Å². The lowest BCUT2D eigenvalue weighted by Crippen LogP contribution is -2.33. The summed E-state index contributed by atoms with van der Waals surface area (Å²) in [6.07, 6.45) is 4.53. The lowest BCUT2D eigenvalue weighted by molar-refractivity contribution is -0.197. The van der Waals surface area contributed by atoms with E-state index in [9.17, 15) is 120 Å². The highest BCUT2D eigenvalue weighted by Gasteiger charge is 2.37. The van der Waals surface area contributed by atoms with Crippen LogP contribution in [0.3, 0.4) is 0 Å². The van der Waals surface area contributed by atoms with Crippen molar-refractivity contribution in [2.75, 3.05) is 0 Å². The summed E-state index contributed by atoms with van der Waals surface area (Å²) >= 11 is 0. The maximum Gasteiger partial charge on any atom is 0.333 e. The highest BCUT2D eigenvalue weighted by molar-refractivity contribution is 6.05. The summed E-state index contributed by atoms with van der Waals surface area (Å²) in [5.74, 6) is -13.4. The standard InChI is InChI=1S/2C13H18N2O6.C12H16N2O6.C11H14N2O6.C10H12N2O6/c2*1-9(16)14-10(17)5-3-2-4-6-13(20)21-15-11(18)7-8-12(15)19;1-8(15)13-9(16)4-2-3-5-12(19)20-14-10(17)6-7-11(14)18;1-7(14)12-8(15)3-2-4-11(18)19-13-9(16)5-6-10(13)17;1-6(13)11-7(14)2-5-10(17)18-12-8(15)3-4-9(12)16/h2*2-8H2,1H3,(H,14,16,17);2-7H2,1H3,(H,13,15,16);2-6H2,1H3,(H,12,14,15);2-5H2,1H3,(H,11,13,14). The van der Waals surface area contributed by atoms with Crippen molar-refractivity contribution >= 4 is 148 Å². The van der Waals surface area contributed by atoms with Gasteiger partial charge in [0.15, 0.2) is 0 Å². The number of nitrogens with zero attached hydrogens (tertiary/aromatic N) is 5. The Hall–Kier alpha value is -11.2. The van der Waals surface area contributed by atoms with Gasteiger partial charge in [-0.2, -0.15) is 0 Å². The maximum atomic E-state index is 11.4. The molecule has 0 saturated carbocycles. The third-order valence-corrected chi connectivity index (χ3v) is 12.5. The van der Waals surface area contributed by atoms with Gasteiger partial charge in [0.05, 0.1) is 6.42 Å². The number of imide groups is 10. The number of hydroxylamine groups is 10. The number of unbranched alkanes of at least 4 members (excludes halogenated alkanes) is 5. The fourth-order valence-electron chi connectivity index (χ4n) is 7.95. The normalized spacial score (nSPS) is 14.4. The molecule has 0 aromatic rings. The molecule has 99 heavy (non-hydrogen) atoms. The monoisotopic (exact) mass is 1410 g/mol. The van der Waals surface area contributed by atoms with E-state index in [-0.39, 0.29) is 147 Å². The van der Waals surface area contributed by atoms with Crippen LogP contribution in [0.25, 0.3) is 0 Å². The topological polar surface area (TPSA) is 549 Å². The molecule has 5 aliphatic rings. The van der Waals surface area contributed by atoms with Gasteiger partial charge in [0.25, 0.3) is 59.1 Å². The summed E-state index contributed by atoms with van der Waals surface area (Å²) < 4.78 is 0. The molecule has 40 heteroatoms. The molecule has 40 nitrogen and oxygen atoms in total. The van der Waals surface area contributed by atoms with E-state index in [0.717, 1.165) is 6.92 Å². The molecule has 0 unspecified atom stereocenters. The van der Waals surface area contributed by atoms with Crippen molar-refractivity contribution in [1.29, 1.82) is 0 Å². The molecule has 0 spiro atoms. The number of nitrogens with one attached hydrogen (secondary N) is 5. The Balaban J connectivity index is 0.000000619. The number of amides is 20. The third kappa shape index (κ3) is 38.2. The van der Waals surface area contributed by atoms with Gasteiger partial charge in [-0.1, -0.05) is 12.8 Å². The second-order valence-electron chi connectivity index (χ2n) is 21.4. The number of carbonyl (C=O) groups excluding carboxylic acids is 25. The molecular formula is C59H78N10O30. The molecule has 0 aromatic carbocycles. The molecule has 0 bridgehead atoms. The Morgan fingerprint density at radius 3 is 0.586 bits per heavy atom. The van der Waals surface area contributed by atoms with E-state index in [1.165, 1.54) is 27.7 Å². The Morgan fingerprint density at radius 2 is 0.374 bits per heavy atom. The Kier molecular flexibility index (Phi) is 39.9. The molecule has 5 heterocycles. The van der Waals surface area contributed by atoms with Gasteiger partial charge in [-0.3, -0.25) is 122 Å². The summed E-state index contributed by atoms with van der Waals surface area (Å²) in [7, 11) is 0. The van der Waals surface area contributed by atoms with Crippen LogP contribution >= 0.6 is 0 Å². The van der Waals surface area contributed by atoms with Gasteiger partial charge in [-0.25, -0.2) is 24.0 Å². The smallest absolute Gasteiger partial charge is 0.330 e. The lowest BCUT2D eigenvalue weighted by atomic mass is 10.1. The molecule has 0 aliphatic carbocycles. The Labute approximate surface area is 563 Å². The minimum Gasteiger partial charge on any atom is -0.330 e. The average Bonchev–Trinajstić information content (AvgIpc) is 1.79. The first-order valence-corrected chi connectivity index (χ1v) is 30.8. The highest BCUT2D eigenvalue weighted by atomic mass is 16.7. The van der Waals surface area contributed by atoms with Crippen LogP contribution in [0.2, 0.25) is 0 Å². The molecule has 0 aromatic heterocycles. The minimum absolute atomic E-state index is 0.00951. The number of carbonyl (C=O) groups is 25. The number of hydrogen-bond donors (Lipinski definition) is 5. The van der Waals surface area contributed by atoms with Crippen molar-refractivity contribution in [2.24, 2.45) is 0 Å². The predicted molar refractivity (Wildman–Crippen MR) is 318 cm³/mol. The van der Waals surface area contributed by atoms with Crippen molar-refractivity contribution < 1.29 is 144 Å². The van der Waals surface area contributed by atoms with E-state index in [4.69, 9.17) is 0 Å². The van der Waals surface area contributed by atoms with Crippen LogP contribution < -0.4 is 26.6 Å². The molecule has 5 saturated heterocycles. The van der Waals surface area contributed by atoms with Gasteiger partial charge in [0.1, 0.15) is 0 Å². The van der Waals surface area contributed by atoms with E-state index >= 15 is 0 Å². The van der Waals surface area contributed by atoms with Gasteiger partial charge < -0.3 is 24.2 Å². The van der Waals surface area contributed by atoms with E-state index in [1.54, 1.807) is 0 Å². The zero-order valence-electron chi connectivity index (χ0n) is 55.0. The van der Waals surface area contributed by atoms with Crippen molar-refractivity contribution in [3.63, 3.8) is 0 Å². The second kappa shape index (κ2) is 46.0. The number of rotatable bonds is 29.